The zero-order chi connectivity index (χ0) is 11.5. The Bertz CT molecular complexity index is 481. The van der Waals surface area contributed by atoms with E-state index < -0.39 is 0 Å². The molecule has 84 valence electrons. The minimum absolute atomic E-state index is 0.0152. The Labute approximate surface area is 109 Å². The third-order valence-corrected chi connectivity index (χ3v) is 4.30. The van der Waals surface area contributed by atoms with Crippen LogP contribution < -0.4 is 0 Å². The van der Waals surface area contributed by atoms with Crippen molar-refractivity contribution < 1.29 is 0 Å². The van der Waals surface area contributed by atoms with Gasteiger partial charge in [0.05, 0.1) is 10.4 Å². The van der Waals surface area contributed by atoms with Gasteiger partial charge in [0.1, 0.15) is 0 Å². The van der Waals surface area contributed by atoms with Gasteiger partial charge >= 0.3 is 0 Å². The number of halogens is 2. The molecule has 0 aliphatic rings. The summed E-state index contributed by atoms with van der Waals surface area (Å²) < 4.78 is 0. The summed E-state index contributed by atoms with van der Waals surface area (Å²) in [5.41, 5.74) is 1.04. The molecule has 0 saturated carbocycles. The second-order valence-corrected chi connectivity index (χ2v) is 5.84. The van der Waals surface area contributed by atoms with Gasteiger partial charge < -0.3 is 0 Å². The molecule has 0 bridgehead atoms. The van der Waals surface area contributed by atoms with Crippen molar-refractivity contribution in [3.05, 3.63) is 50.9 Å². The van der Waals surface area contributed by atoms with Crippen LogP contribution in [0, 0.1) is 6.92 Å². The van der Waals surface area contributed by atoms with Gasteiger partial charge in [-0.3, -0.25) is 4.98 Å². The van der Waals surface area contributed by atoms with E-state index in [0.717, 1.165) is 12.0 Å². The monoisotopic (exact) mass is 271 g/mol. The molecular formula is C12H11Cl2NS. The normalized spacial score (nSPS) is 12.7. The smallest absolute Gasteiger partial charge is 0.0719 e. The number of hydrogen-bond donors (Lipinski definition) is 0. The van der Waals surface area contributed by atoms with Crippen molar-refractivity contribution in [1.29, 1.82) is 0 Å². The molecule has 0 radical (unpaired) electrons. The summed E-state index contributed by atoms with van der Waals surface area (Å²) in [6.45, 7) is 2.08. The summed E-state index contributed by atoms with van der Waals surface area (Å²) in [4.78, 5) is 6.42. The molecule has 2 heterocycles. The number of thiophene rings is 1. The van der Waals surface area contributed by atoms with Crippen LogP contribution in [-0.4, -0.2) is 4.98 Å². The Balaban J connectivity index is 2.13. The Hall–Kier alpha value is -0.570. The molecule has 2 aromatic rings. The molecule has 0 spiro atoms. The summed E-state index contributed by atoms with van der Waals surface area (Å²) in [5, 5.41) is 0.667. The summed E-state index contributed by atoms with van der Waals surface area (Å²) in [5.74, 6) is 0. The van der Waals surface area contributed by atoms with Crippen molar-refractivity contribution >= 4 is 34.5 Å². The van der Waals surface area contributed by atoms with E-state index >= 15 is 0 Å². The van der Waals surface area contributed by atoms with E-state index in [1.165, 1.54) is 9.75 Å². The van der Waals surface area contributed by atoms with Crippen LogP contribution in [0.15, 0.2) is 30.6 Å². The number of nitrogens with zero attached hydrogens (tertiary/aromatic N) is 1. The fourth-order valence-corrected chi connectivity index (χ4v) is 2.91. The fraction of sp³-hybridized carbons (Fsp3) is 0.250. The van der Waals surface area contributed by atoms with Crippen LogP contribution in [0.25, 0.3) is 0 Å². The maximum Gasteiger partial charge on any atom is 0.0719 e. The standard InChI is InChI=1S/C12H11Cl2NS/c1-8-2-3-12(16-8)10(13)6-9-4-5-15-7-11(9)14/h2-5,7,10H,6H2,1H3. The van der Waals surface area contributed by atoms with E-state index in [2.05, 4.69) is 24.0 Å². The van der Waals surface area contributed by atoms with Crippen molar-refractivity contribution in [2.45, 2.75) is 18.7 Å². The van der Waals surface area contributed by atoms with Gasteiger partial charge in [0.15, 0.2) is 0 Å². The van der Waals surface area contributed by atoms with Crippen LogP contribution in [0.2, 0.25) is 5.02 Å². The minimum atomic E-state index is -0.0152. The lowest BCUT2D eigenvalue weighted by molar-refractivity contribution is 0.936. The Morgan fingerprint density at radius 1 is 1.38 bits per heavy atom. The van der Waals surface area contributed by atoms with Crippen LogP contribution in [0.3, 0.4) is 0 Å². The van der Waals surface area contributed by atoms with Gasteiger partial charge in [0.2, 0.25) is 0 Å². The highest BCUT2D eigenvalue weighted by molar-refractivity contribution is 7.12. The Morgan fingerprint density at radius 3 is 2.81 bits per heavy atom. The van der Waals surface area contributed by atoms with E-state index in [0.29, 0.717) is 5.02 Å². The molecule has 0 aromatic carbocycles. The first-order valence-electron chi connectivity index (χ1n) is 4.95. The van der Waals surface area contributed by atoms with Crippen LogP contribution in [0.5, 0.6) is 0 Å². The SMILES string of the molecule is Cc1ccc(C(Cl)Cc2ccncc2Cl)s1. The van der Waals surface area contributed by atoms with E-state index in [4.69, 9.17) is 23.2 Å². The molecule has 1 unspecified atom stereocenters. The van der Waals surface area contributed by atoms with Gasteiger partial charge in [-0.05, 0) is 37.1 Å². The van der Waals surface area contributed by atoms with Crippen molar-refractivity contribution in [3.8, 4) is 0 Å². The topological polar surface area (TPSA) is 12.9 Å². The molecule has 0 fully saturated rings. The number of hydrogen-bond acceptors (Lipinski definition) is 2. The number of aromatic nitrogens is 1. The molecule has 4 heteroatoms. The predicted molar refractivity (Wildman–Crippen MR) is 70.6 cm³/mol. The number of rotatable bonds is 3. The summed E-state index contributed by atoms with van der Waals surface area (Å²) in [7, 11) is 0. The van der Waals surface area contributed by atoms with Gasteiger partial charge in [-0.2, -0.15) is 0 Å². The molecule has 1 atom stereocenters. The Morgan fingerprint density at radius 2 is 2.19 bits per heavy atom. The quantitative estimate of drug-likeness (QED) is 0.742. The molecule has 16 heavy (non-hydrogen) atoms. The van der Waals surface area contributed by atoms with Gasteiger partial charge in [-0.15, -0.1) is 22.9 Å². The maximum absolute atomic E-state index is 6.36. The molecule has 1 nitrogen and oxygen atoms in total. The molecule has 0 aliphatic carbocycles. The van der Waals surface area contributed by atoms with Crippen LogP contribution in [0.1, 0.15) is 20.7 Å². The van der Waals surface area contributed by atoms with Crippen molar-refractivity contribution in [2.24, 2.45) is 0 Å². The van der Waals surface area contributed by atoms with E-state index in [1.54, 1.807) is 23.7 Å². The minimum Gasteiger partial charge on any atom is -0.263 e. The zero-order valence-corrected chi connectivity index (χ0v) is 11.1. The van der Waals surface area contributed by atoms with Crippen molar-refractivity contribution in [1.82, 2.24) is 4.98 Å². The molecular weight excluding hydrogens is 261 g/mol. The van der Waals surface area contributed by atoms with E-state index in [1.807, 2.05) is 6.07 Å². The van der Waals surface area contributed by atoms with Crippen LogP contribution in [0.4, 0.5) is 0 Å². The highest BCUT2D eigenvalue weighted by Gasteiger charge is 2.12. The lowest BCUT2D eigenvalue weighted by Gasteiger charge is -2.08. The van der Waals surface area contributed by atoms with Gasteiger partial charge in [0, 0.05) is 22.1 Å². The fourth-order valence-electron chi connectivity index (χ4n) is 1.48. The number of pyridine rings is 1. The Kier molecular flexibility index (Phi) is 3.85. The first kappa shape index (κ1) is 11.9. The molecule has 0 amide bonds. The predicted octanol–water partition coefficient (Wildman–Crippen LogP) is 4.63. The zero-order valence-electron chi connectivity index (χ0n) is 8.78. The summed E-state index contributed by atoms with van der Waals surface area (Å²) >= 11 is 14.1. The first-order chi connectivity index (χ1) is 7.66. The molecule has 0 saturated heterocycles. The molecule has 2 aromatic heterocycles. The highest BCUT2D eigenvalue weighted by atomic mass is 35.5. The van der Waals surface area contributed by atoms with Crippen LogP contribution in [-0.2, 0) is 6.42 Å². The van der Waals surface area contributed by atoms with Gasteiger partial charge in [-0.1, -0.05) is 11.6 Å². The van der Waals surface area contributed by atoms with Crippen molar-refractivity contribution in [3.63, 3.8) is 0 Å². The number of aryl methyl sites for hydroxylation is 1. The third-order valence-electron chi connectivity index (χ3n) is 2.33. The second kappa shape index (κ2) is 5.17. The summed E-state index contributed by atoms with van der Waals surface area (Å²) in [6, 6.07) is 6.08. The lowest BCUT2D eigenvalue weighted by atomic mass is 10.1. The average Bonchev–Trinajstić information content (AvgIpc) is 2.68. The summed E-state index contributed by atoms with van der Waals surface area (Å²) in [6.07, 6.45) is 4.13. The van der Waals surface area contributed by atoms with Gasteiger partial charge in [-0.25, -0.2) is 0 Å². The maximum atomic E-state index is 6.36. The van der Waals surface area contributed by atoms with E-state index in [-0.39, 0.29) is 5.38 Å². The first-order valence-corrected chi connectivity index (χ1v) is 6.58. The van der Waals surface area contributed by atoms with E-state index in [9.17, 15) is 0 Å². The second-order valence-electron chi connectivity index (χ2n) is 3.59. The highest BCUT2D eigenvalue weighted by Crippen LogP contribution is 2.32. The molecule has 2 rings (SSSR count). The third kappa shape index (κ3) is 2.76. The lowest BCUT2D eigenvalue weighted by Crippen LogP contribution is -1.94. The van der Waals surface area contributed by atoms with Gasteiger partial charge in [0.25, 0.3) is 0 Å². The van der Waals surface area contributed by atoms with Crippen molar-refractivity contribution in [2.75, 3.05) is 0 Å². The largest absolute Gasteiger partial charge is 0.263 e. The molecule has 0 aliphatic heterocycles. The number of alkyl halides is 1. The average molecular weight is 272 g/mol. The van der Waals surface area contributed by atoms with Crippen LogP contribution >= 0.6 is 34.5 Å². The molecule has 0 N–H and O–H groups in total.